The molecule has 0 saturated carbocycles. The van der Waals surface area contributed by atoms with E-state index in [2.05, 4.69) is 19.0 Å². The van der Waals surface area contributed by atoms with E-state index >= 15 is 0 Å². The molecule has 26 heavy (non-hydrogen) atoms. The standard InChI is InChI=1S/C16H9N5O3S2/c22-15(10-4-5-12-13(7-10)20-26-19-12)18-16-17-14(8-25-16)9-2-1-3-11(6-9)21(23)24/h1-8H,(H,17,18,22). The molecule has 0 aliphatic rings. The van der Waals surface area contributed by atoms with Crippen molar-refractivity contribution in [2.45, 2.75) is 0 Å². The van der Waals surface area contributed by atoms with Crippen LogP contribution in [0.1, 0.15) is 10.4 Å². The molecule has 2 aromatic carbocycles. The number of carbonyl (C=O) groups excluding carboxylic acids is 1. The zero-order valence-electron chi connectivity index (χ0n) is 12.9. The molecule has 1 N–H and O–H groups in total. The number of benzene rings is 2. The number of non-ortho nitro benzene ring substituents is 1. The summed E-state index contributed by atoms with van der Waals surface area (Å²) >= 11 is 2.34. The third-order valence-electron chi connectivity index (χ3n) is 3.59. The molecule has 8 nitrogen and oxygen atoms in total. The number of hydrogen-bond donors (Lipinski definition) is 1. The van der Waals surface area contributed by atoms with Crippen molar-refractivity contribution in [3.05, 3.63) is 63.5 Å². The zero-order chi connectivity index (χ0) is 18.1. The van der Waals surface area contributed by atoms with Gasteiger partial charge in [-0.25, -0.2) is 4.98 Å². The van der Waals surface area contributed by atoms with E-state index in [0.29, 0.717) is 27.5 Å². The van der Waals surface area contributed by atoms with Crippen LogP contribution in [0.25, 0.3) is 22.3 Å². The van der Waals surface area contributed by atoms with Gasteiger partial charge in [0.25, 0.3) is 11.6 Å². The SMILES string of the molecule is O=C(Nc1nc(-c2cccc([N+](=O)[O-])c2)cs1)c1ccc2nsnc2c1. The van der Waals surface area contributed by atoms with Crippen LogP contribution in [0.3, 0.4) is 0 Å². The Hall–Kier alpha value is -3.24. The average Bonchev–Trinajstić information content (AvgIpc) is 3.30. The summed E-state index contributed by atoms with van der Waals surface area (Å²) in [5.74, 6) is -0.306. The van der Waals surface area contributed by atoms with Gasteiger partial charge in [0, 0.05) is 28.6 Å². The molecule has 0 aliphatic heterocycles. The van der Waals surface area contributed by atoms with Gasteiger partial charge in [-0.1, -0.05) is 12.1 Å². The molecule has 0 aliphatic carbocycles. The average molecular weight is 383 g/mol. The summed E-state index contributed by atoms with van der Waals surface area (Å²) in [6, 6.07) is 11.3. The summed E-state index contributed by atoms with van der Waals surface area (Å²) < 4.78 is 8.22. The maximum absolute atomic E-state index is 12.4. The van der Waals surface area contributed by atoms with Crippen molar-refractivity contribution >= 4 is 50.8 Å². The van der Waals surface area contributed by atoms with Gasteiger partial charge in [0.2, 0.25) is 0 Å². The van der Waals surface area contributed by atoms with Gasteiger partial charge in [-0.2, -0.15) is 8.75 Å². The quantitative estimate of drug-likeness (QED) is 0.421. The fourth-order valence-corrected chi connectivity index (χ4v) is 3.57. The molecule has 10 heteroatoms. The number of aromatic nitrogens is 3. The number of anilines is 1. The molecule has 1 amide bonds. The second-order valence-corrected chi connectivity index (χ2v) is 6.65. The van der Waals surface area contributed by atoms with Gasteiger partial charge in [0.05, 0.1) is 22.3 Å². The van der Waals surface area contributed by atoms with E-state index in [4.69, 9.17) is 0 Å². The lowest BCUT2D eigenvalue weighted by atomic mass is 10.1. The van der Waals surface area contributed by atoms with Gasteiger partial charge < -0.3 is 0 Å². The molecule has 0 fully saturated rings. The van der Waals surface area contributed by atoms with E-state index in [0.717, 1.165) is 17.2 Å². The molecule has 4 rings (SSSR count). The highest BCUT2D eigenvalue weighted by atomic mass is 32.1. The summed E-state index contributed by atoms with van der Waals surface area (Å²) in [4.78, 5) is 27.2. The summed E-state index contributed by atoms with van der Waals surface area (Å²) in [6.45, 7) is 0. The number of hydrogen-bond acceptors (Lipinski definition) is 8. The van der Waals surface area contributed by atoms with Gasteiger partial charge in [-0.3, -0.25) is 20.2 Å². The van der Waals surface area contributed by atoms with Crippen molar-refractivity contribution in [2.75, 3.05) is 5.32 Å². The number of thiazole rings is 1. The van der Waals surface area contributed by atoms with E-state index < -0.39 is 4.92 Å². The van der Waals surface area contributed by atoms with Crippen molar-refractivity contribution in [3.63, 3.8) is 0 Å². The van der Waals surface area contributed by atoms with Crippen LogP contribution in [0.15, 0.2) is 47.8 Å². The van der Waals surface area contributed by atoms with Crippen molar-refractivity contribution in [1.29, 1.82) is 0 Å². The second-order valence-electron chi connectivity index (χ2n) is 5.27. The van der Waals surface area contributed by atoms with Crippen molar-refractivity contribution in [2.24, 2.45) is 0 Å². The van der Waals surface area contributed by atoms with E-state index in [1.54, 1.807) is 35.7 Å². The Morgan fingerprint density at radius 2 is 1.96 bits per heavy atom. The second kappa shape index (κ2) is 6.58. The third-order valence-corrected chi connectivity index (χ3v) is 4.91. The first kappa shape index (κ1) is 16.2. The molecule has 0 atom stereocenters. The molecule has 0 radical (unpaired) electrons. The summed E-state index contributed by atoms with van der Waals surface area (Å²) in [6.07, 6.45) is 0. The summed E-state index contributed by atoms with van der Waals surface area (Å²) in [7, 11) is 0. The third kappa shape index (κ3) is 3.15. The number of amides is 1. The minimum absolute atomic E-state index is 0.00809. The van der Waals surface area contributed by atoms with Gasteiger partial charge in [0.15, 0.2) is 5.13 Å². The maximum atomic E-state index is 12.4. The molecule has 0 bridgehead atoms. The number of nitro groups is 1. The van der Waals surface area contributed by atoms with Crippen LogP contribution in [0.4, 0.5) is 10.8 Å². The fourth-order valence-electron chi connectivity index (χ4n) is 2.34. The van der Waals surface area contributed by atoms with E-state index in [9.17, 15) is 14.9 Å². The molecule has 0 unspecified atom stereocenters. The van der Waals surface area contributed by atoms with Crippen LogP contribution in [0, 0.1) is 10.1 Å². The number of rotatable bonds is 4. The van der Waals surface area contributed by atoms with Crippen molar-refractivity contribution < 1.29 is 9.72 Å². The summed E-state index contributed by atoms with van der Waals surface area (Å²) in [5, 5.41) is 15.8. The first-order chi connectivity index (χ1) is 12.6. The minimum atomic E-state index is -0.456. The number of nitro benzene ring substituents is 1. The largest absolute Gasteiger partial charge is 0.298 e. The fraction of sp³-hybridized carbons (Fsp3) is 0. The Bertz CT molecular complexity index is 1140. The number of carbonyl (C=O) groups is 1. The van der Waals surface area contributed by atoms with Crippen LogP contribution >= 0.6 is 23.1 Å². The van der Waals surface area contributed by atoms with Gasteiger partial charge in [0.1, 0.15) is 11.0 Å². The first-order valence-corrected chi connectivity index (χ1v) is 8.95. The van der Waals surface area contributed by atoms with Crippen LogP contribution in [-0.2, 0) is 0 Å². The van der Waals surface area contributed by atoms with Gasteiger partial charge >= 0.3 is 0 Å². The Morgan fingerprint density at radius 1 is 1.12 bits per heavy atom. The highest BCUT2D eigenvalue weighted by Gasteiger charge is 2.13. The number of nitrogens with one attached hydrogen (secondary N) is 1. The molecular formula is C16H9N5O3S2. The minimum Gasteiger partial charge on any atom is -0.298 e. The van der Waals surface area contributed by atoms with Crippen molar-refractivity contribution in [1.82, 2.24) is 13.7 Å². The lowest BCUT2D eigenvalue weighted by Crippen LogP contribution is -2.11. The number of fused-ring (bicyclic) bond motifs is 1. The lowest BCUT2D eigenvalue weighted by Gasteiger charge is -2.01. The Labute approximate surface area is 154 Å². The van der Waals surface area contributed by atoms with Crippen LogP contribution in [0.2, 0.25) is 0 Å². The zero-order valence-corrected chi connectivity index (χ0v) is 14.6. The van der Waals surface area contributed by atoms with Crippen LogP contribution in [-0.4, -0.2) is 24.6 Å². The Balaban J connectivity index is 1.55. The Morgan fingerprint density at radius 3 is 2.81 bits per heavy atom. The van der Waals surface area contributed by atoms with E-state index in [1.165, 1.54) is 23.5 Å². The smallest absolute Gasteiger partial charge is 0.270 e. The Kier molecular flexibility index (Phi) is 4.11. The molecular weight excluding hydrogens is 374 g/mol. The first-order valence-electron chi connectivity index (χ1n) is 7.34. The van der Waals surface area contributed by atoms with E-state index in [1.807, 2.05) is 0 Å². The molecule has 2 heterocycles. The van der Waals surface area contributed by atoms with E-state index in [-0.39, 0.29) is 11.6 Å². The number of nitrogens with zero attached hydrogens (tertiary/aromatic N) is 4. The molecule has 0 saturated heterocycles. The normalized spacial score (nSPS) is 10.8. The van der Waals surface area contributed by atoms with Gasteiger partial charge in [-0.05, 0) is 18.2 Å². The molecule has 2 aromatic heterocycles. The summed E-state index contributed by atoms with van der Waals surface area (Å²) in [5.41, 5.74) is 3.04. The maximum Gasteiger partial charge on any atom is 0.270 e. The van der Waals surface area contributed by atoms with Crippen LogP contribution in [0.5, 0.6) is 0 Å². The monoisotopic (exact) mass is 383 g/mol. The van der Waals surface area contributed by atoms with Crippen LogP contribution < -0.4 is 5.32 Å². The van der Waals surface area contributed by atoms with Gasteiger partial charge in [-0.15, -0.1) is 11.3 Å². The highest BCUT2D eigenvalue weighted by Crippen LogP contribution is 2.27. The molecule has 4 aromatic rings. The van der Waals surface area contributed by atoms with Crippen molar-refractivity contribution in [3.8, 4) is 11.3 Å². The lowest BCUT2D eigenvalue weighted by molar-refractivity contribution is -0.384. The predicted molar refractivity (Wildman–Crippen MR) is 99.6 cm³/mol. The highest BCUT2D eigenvalue weighted by molar-refractivity contribution is 7.14. The molecule has 128 valence electrons. The topological polar surface area (TPSA) is 111 Å². The molecule has 0 spiro atoms. The predicted octanol–water partition coefficient (Wildman–Crippen LogP) is 3.98.